The van der Waals surface area contributed by atoms with Gasteiger partial charge in [0.1, 0.15) is 11.9 Å². The Morgan fingerprint density at radius 1 is 1.28 bits per heavy atom. The number of halogens is 1. The van der Waals surface area contributed by atoms with E-state index in [0.29, 0.717) is 11.4 Å². The predicted molar refractivity (Wildman–Crippen MR) is 95.3 cm³/mol. The molecule has 138 valence electrons. The van der Waals surface area contributed by atoms with Gasteiger partial charge in [0.2, 0.25) is 5.91 Å². The Hall–Kier alpha value is -2.31. The summed E-state index contributed by atoms with van der Waals surface area (Å²) in [6.07, 6.45) is 1.48. The molecule has 0 aliphatic carbocycles. The third kappa shape index (κ3) is 5.08. The quantitative estimate of drug-likeness (QED) is 0.826. The van der Waals surface area contributed by atoms with Crippen molar-refractivity contribution in [1.29, 1.82) is 0 Å². The van der Waals surface area contributed by atoms with E-state index in [0.717, 1.165) is 25.9 Å². The normalized spacial score (nSPS) is 15.2. The number of alkyl carbamates (subject to hydrolysis) is 1. The van der Waals surface area contributed by atoms with Crippen LogP contribution < -0.4 is 15.5 Å². The first kappa shape index (κ1) is 19.0. The summed E-state index contributed by atoms with van der Waals surface area (Å²) in [5.74, 6) is -0.909. The van der Waals surface area contributed by atoms with E-state index < -0.39 is 18.0 Å². The van der Waals surface area contributed by atoms with E-state index in [9.17, 15) is 14.0 Å². The van der Waals surface area contributed by atoms with Gasteiger partial charge in [-0.25, -0.2) is 9.18 Å². The summed E-state index contributed by atoms with van der Waals surface area (Å²) in [6, 6.07) is 3.91. The third-order valence-corrected chi connectivity index (χ3v) is 4.16. The molecule has 1 aromatic carbocycles. The van der Waals surface area contributed by atoms with Crippen LogP contribution in [0.25, 0.3) is 0 Å². The van der Waals surface area contributed by atoms with Crippen LogP contribution in [0.1, 0.15) is 33.6 Å². The molecule has 2 rings (SSSR count). The van der Waals surface area contributed by atoms with Crippen LogP contribution >= 0.6 is 0 Å². The molecule has 0 spiro atoms. The summed E-state index contributed by atoms with van der Waals surface area (Å²) < 4.78 is 19.2. The second-order valence-corrected chi connectivity index (χ2v) is 6.44. The van der Waals surface area contributed by atoms with E-state index in [2.05, 4.69) is 10.6 Å². The molecule has 2 N–H and O–H groups in total. The van der Waals surface area contributed by atoms with Gasteiger partial charge in [-0.2, -0.15) is 0 Å². The zero-order valence-corrected chi connectivity index (χ0v) is 15.0. The number of ether oxygens (including phenoxy) is 1. The first-order chi connectivity index (χ1) is 11.9. The SMILES string of the molecule is CCOC(=O)NC(C(=O)Nc1ccc(N2CCCC2)c(F)c1)C(C)C. The monoisotopic (exact) mass is 351 g/mol. The van der Waals surface area contributed by atoms with Gasteiger partial charge in [-0.05, 0) is 43.9 Å². The summed E-state index contributed by atoms with van der Waals surface area (Å²) in [5, 5.41) is 5.19. The second kappa shape index (κ2) is 8.69. The van der Waals surface area contributed by atoms with Crippen LogP contribution in [0.3, 0.4) is 0 Å². The third-order valence-electron chi connectivity index (χ3n) is 4.16. The van der Waals surface area contributed by atoms with Gasteiger partial charge in [0.25, 0.3) is 0 Å². The first-order valence-electron chi connectivity index (χ1n) is 8.71. The van der Waals surface area contributed by atoms with Crippen molar-refractivity contribution in [2.45, 2.75) is 39.7 Å². The number of nitrogens with one attached hydrogen (secondary N) is 2. The van der Waals surface area contributed by atoms with E-state index in [1.165, 1.54) is 6.07 Å². The lowest BCUT2D eigenvalue weighted by Gasteiger charge is -2.22. The average Bonchev–Trinajstić information content (AvgIpc) is 3.06. The van der Waals surface area contributed by atoms with Gasteiger partial charge in [0.05, 0.1) is 12.3 Å². The number of anilines is 2. The molecule has 1 aliphatic heterocycles. The van der Waals surface area contributed by atoms with E-state index in [1.807, 2.05) is 18.7 Å². The molecule has 0 saturated carbocycles. The topological polar surface area (TPSA) is 70.7 Å². The molecule has 0 aromatic heterocycles. The van der Waals surface area contributed by atoms with E-state index in [4.69, 9.17) is 4.74 Å². The lowest BCUT2D eigenvalue weighted by atomic mass is 10.0. The van der Waals surface area contributed by atoms with Gasteiger partial charge in [-0.3, -0.25) is 4.79 Å². The molecule has 1 aromatic rings. The standard InChI is InChI=1S/C18H26FN3O3/c1-4-25-18(24)21-16(12(2)3)17(23)20-13-7-8-15(14(19)11-13)22-9-5-6-10-22/h7-8,11-12,16H,4-6,9-10H2,1-3H3,(H,20,23)(H,21,24). The van der Waals surface area contributed by atoms with E-state index in [1.54, 1.807) is 19.1 Å². The van der Waals surface area contributed by atoms with Crippen LogP contribution in [-0.2, 0) is 9.53 Å². The van der Waals surface area contributed by atoms with Gasteiger partial charge in [-0.1, -0.05) is 13.8 Å². The molecule has 2 amide bonds. The fourth-order valence-electron chi connectivity index (χ4n) is 2.85. The van der Waals surface area contributed by atoms with Crippen LogP contribution in [-0.4, -0.2) is 37.7 Å². The van der Waals surface area contributed by atoms with Crippen molar-refractivity contribution in [2.75, 3.05) is 29.9 Å². The fraction of sp³-hybridized carbons (Fsp3) is 0.556. The zero-order chi connectivity index (χ0) is 18.4. The minimum atomic E-state index is -0.764. The highest BCUT2D eigenvalue weighted by molar-refractivity contribution is 5.96. The van der Waals surface area contributed by atoms with Gasteiger partial charge in [0.15, 0.2) is 0 Å². The molecule has 1 heterocycles. The Labute approximate surface area is 147 Å². The molecule has 1 unspecified atom stereocenters. The molecule has 25 heavy (non-hydrogen) atoms. The maximum Gasteiger partial charge on any atom is 0.407 e. The lowest BCUT2D eigenvalue weighted by Crippen LogP contribution is -2.47. The molecule has 0 bridgehead atoms. The predicted octanol–water partition coefficient (Wildman–Crippen LogP) is 3.14. The number of amides is 2. The molecule has 6 nitrogen and oxygen atoms in total. The van der Waals surface area contributed by atoms with Crippen molar-refractivity contribution in [3.8, 4) is 0 Å². The maximum absolute atomic E-state index is 14.3. The number of rotatable bonds is 6. The van der Waals surface area contributed by atoms with E-state index >= 15 is 0 Å². The number of carbonyl (C=O) groups is 2. The zero-order valence-electron chi connectivity index (χ0n) is 15.0. The summed E-state index contributed by atoms with van der Waals surface area (Å²) in [5.41, 5.74) is 0.919. The second-order valence-electron chi connectivity index (χ2n) is 6.44. The Bertz CT molecular complexity index is 616. The van der Waals surface area contributed by atoms with Gasteiger partial charge < -0.3 is 20.3 Å². The van der Waals surface area contributed by atoms with Crippen LogP contribution in [0.5, 0.6) is 0 Å². The van der Waals surface area contributed by atoms with Crippen molar-refractivity contribution >= 4 is 23.4 Å². The Kier molecular flexibility index (Phi) is 6.61. The minimum absolute atomic E-state index is 0.141. The van der Waals surface area contributed by atoms with Crippen molar-refractivity contribution in [2.24, 2.45) is 5.92 Å². The molecular weight excluding hydrogens is 325 g/mol. The number of benzene rings is 1. The average molecular weight is 351 g/mol. The van der Waals surface area contributed by atoms with Gasteiger partial charge >= 0.3 is 6.09 Å². The minimum Gasteiger partial charge on any atom is -0.450 e. The van der Waals surface area contributed by atoms with Crippen LogP contribution in [0.2, 0.25) is 0 Å². The Morgan fingerprint density at radius 3 is 2.52 bits per heavy atom. The highest BCUT2D eigenvalue weighted by atomic mass is 19.1. The number of carbonyl (C=O) groups excluding carboxylic acids is 2. The molecule has 0 radical (unpaired) electrons. The molecule has 1 fully saturated rings. The van der Waals surface area contributed by atoms with Crippen molar-refractivity contribution in [1.82, 2.24) is 5.32 Å². The largest absolute Gasteiger partial charge is 0.450 e. The summed E-state index contributed by atoms with van der Waals surface area (Å²) in [6.45, 7) is 7.24. The molecule has 1 atom stereocenters. The van der Waals surface area contributed by atoms with Gasteiger partial charge in [0, 0.05) is 18.8 Å². The molecule has 1 saturated heterocycles. The smallest absolute Gasteiger partial charge is 0.407 e. The molecule has 7 heteroatoms. The summed E-state index contributed by atoms with van der Waals surface area (Å²) in [7, 11) is 0. The van der Waals surface area contributed by atoms with Gasteiger partial charge in [-0.15, -0.1) is 0 Å². The molecule has 1 aliphatic rings. The fourth-order valence-corrected chi connectivity index (χ4v) is 2.85. The maximum atomic E-state index is 14.3. The van der Waals surface area contributed by atoms with Crippen molar-refractivity contribution < 1.29 is 18.7 Å². The number of nitrogens with zero attached hydrogens (tertiary/aromatic N) is 1. The van der Waals surface area contributed by atoms with Crippen molar-refractivity contribution in [3.63, 3.8) is 0 Å². The van der Waals surface area contributed by atoms with Crippen LogP contribution in [0.4, 0.5) is 20.6 Å². The van der Waals surface area contributed by atoms with Crippen LogP contribution in [0, 0.1) is 11.7 Å². The summed E-state index contributed by atoms with van der Waals surface area (Å²) >= 11 is 0. The van der Waals surface area contributed by atoms with E-state index in [-0.39, 0.29) is 18.3 Å². The highest BCUT2D eigenvalue weighted by Crippen LogP contribution is 2.26. The number of hydrogen-bond acceptors (Lipinski definition) is 4. The Morgan fingerprint density at radius 2 is 1.96 bits per heavy atom. The molecular formula is C18H26FN3O3. The van der Waals surface area contributed by atoms with Crippen LogP contribution in [0.15, 0.2) is 18.2 Å². The summed E-state index contributed by atoms with van der Waals surface area (Å²) in [4.78, 5) is 26.0. The highest BCUT2D eigenvalue weighted by Gasteiger charge is 2.25. The first-order valence-corrected chi connectivity index (χ1v) is 8.71. The number of hydrogen-bond donors (Lipinski definition) is 2. The lowest BCUT2D eigenvalue weighted by molar-refractivity contribution is -0.119. The Balaban J connectivity index is 2.04. The van der Waals surface area contributed by atoms with Crippen molar-refractivity contribution in [3.05, 3.63) is 24.0 Å².